The van der Waals surface area contributed by atoms with Crippen LogP contribution in [0.1, 0.15) is 33.8 Å². The first-order valence-corrected chi connectivity index (χ1v) is 13.9. The molecule has 206 valence electrons. The van der Waals surface area contributed by atoms with Crippen LogP contribution in [0.4, 0.5) is 19.7 Å². The van der Waals surface area contributed by atoms with Gasteiger partial charge in [0.2, 0.25) is 15.8 Å². The van der Waals surface area contributed by atoms with Gasteiger partial charge < -0.3 is 11.1 Å². The average molecular weight is 596 g/mol. The Bertz CT molecular complexity index is 1580. The highest BCUT2D eigenvalue weighted by atomic mass is 35.5. The second-order valence-corrected chi connectivity index (χ2v) is 11.7. The molecule has 3 N–H and O–H groups in total. The molecule has 1 aliphatic rings. The summed E-state index contributed by atoms with van der Waals surface area (Å²) in [6.07, 6.45) is 5.58. The molecule has 0 unspecified atom stereocenters. The number of carbonyl (C=O) groups is 1. The first kappa shape index (κ1) is 28.5. The monoisotopic (exact) mass is 595 g/mol. The largest absolute Gasteiger partial charge is 0.382 e. The number of anilines is 2. The number of sulfonamides is 1. The van der Waals surface area contributed by atoms with Crippen molar-refractivity contribution in [3.63, 3.8) is 0 Å². The van der Waals surface area contributed by atoms with Gasteiger partial charge in [0.15, 0.2) is 5.13 Å². The van der Waals surface area contributed by atoms with E-state index in [-0.39, 0.29) is 47.1 Å². The van der Waals surface area contributed by atoms with E-state index >= 15 is 0 Å². The van der Waals surface area contributed by atoms with E-state index in [1.165, 1.54) is 22.6 Å². The van der Waals surface area contributed by atoms with Crippen LogP contribution in [-0.2, 0) is 10.0 Å². The summed E-state index contributed by atoms with van der Waals surface area (Å²) in [5, 5.41) is 3.48. The van der Waals surface area contributed by atoms with Gasteiger partial charge in [-0.25, -0.2) is 32.2 Å². The van der Waals surface area contributed by atoms with Crippen LogP contribution in [-0.4, -0.2) is 57.2 Å². The fraction of sp³-hybridized carbons (Fsp3) is 0.250. The molecule has 0 atom stereocenters. The zero-order valence-electron chi connectivity index (χ0n) is 20.5. The smallest absolute Gasteiger partial charge is 0.244 e. The van der Waals surface area contributed by atoms with Crippen molar-refractivity contribution in [3.05, 3.63) is 76.8 Å². The van der Waals surface area contributed by atoms with Gasteiger partial charge in [0.05, 0.1) is 5.56 Å². The summed E-state index contributed by atoms with van der Waals surface area (Å²) < 4.78 is 57.6. The summed E-state index contributed by atoms with van der Waals surface area (Å²) in [5.41, 5.74) is 6.06. The molecule has 3 aromatic heterocycles. The Morgan fingerprint density at radius 1 is 1.13 bits per heavy atom. The minimum Gasteiger partial charge on any atom is -0.382 e. The number of piperidine rings is 1. The molecule has 5 rings (SSSR count). The van der Waals surface area contributed by atoms with Crippen molar-refractivity contribution in [2.75, 3.05) is 24.1 Å². The van der Waals surface area contributed by atoms with Crippen LogP contribution in [0.15, 0.2) is 53.9 Å². The predicted octanol–water partition coefficient (Wildman–Crippen LogP) is 3.81. The van der Waals surface area contributed by atoms with Crippen LogP contribution in [0.2, 0.25) is 0 Å². The van der Waals surface area contributed by atoms with Gasteiger partial charge in [-0.1, -0.05) is 17.4 Å². The molecule has 1 saturated heterocycles. The van der Waals surface area contributed by atoms with E-state index in [2.05, 4.69) is 20.3 Å². The highest BCUT2D eigenvalue weighted by molar-refractivity contribution is 7.89. The maximum Gasteiger partial charge on any atom is 0.244 e. The minimum absolute atomic E-state index is 0. The fourth-order valence-corrected chi connectivity index (χ4v) is 6.54. The number of hydrogen-bond donors (Lipinski definition) is 2. The molecule has 4 aromatic rings. The van der Waals surface area contributed by atoms with Crippen LogP contribution >= 0.6 is 23.7 Å². The standard InChI is InChI=1S/C24H23F2N7O3S2.ClH/c1-14-11-28-13-33(14)19-6-5-16(12-29-19)38(35,36)32-9-7-15(8-10-32)30-24-31-23(27)22(37-24)21(34)20-17(25)3-2-4-18(20)26;/h2-6,11-13,15H,7-10,27H2,1H3,(H,30,31);1H. The molecule has 1 aromatic carbocycles. The number of ketones is 1. The molecule has 0 saturated carbocycles. The Kier molecular flexibility index (Phi) is 8.30. The normalized spacial score (nSPS) is 14.6. The number of benzene rings is 1. The molecule has 4 heterocycles. The van der Waals surface area contributed by atoms with Crippen molar-refractivity contribution in [2.45, 2.75) is 30.7 Å². The summed E-state index contributed by atoms with van der Waals surface area (Å²) in [6, 6.07) is 6.19. The van der Waals surface area contributed by atoms with Gasteiger partial charge in [0.1, 0.15) is 39.4 Å². The van der Waals surface area contributed by atoms with Crippen LogP contribution in [0.3, 0.4) is 0 Å². The Balaban J connectivity index is 0.00000353. The number of nitrogens with two attached hydrogens (primary N) is 1. The zero-order chi connectivity index (χ0) is 27.0. The maximum absolute atomic E-state index is 14.1. The Labute approximate surface area is 233 Å². The molecule has 10 nitrogen and oxygen atoms in total. The van der Waals surface area contributed by atoms with Crippen LogP contribution in [0.5, 0.6) is 0 Å². The molecule has 1 aliphatic heterocycles. The van der Waals surface area contributed by atoms with E-state index in [1.807, 2.05) is 6.92 Å². The van der Waals surface area contributed by atoms with Gasteiger partial charge in [-0.15, -0.1) is 12.4 Å². The molecule has 39 heavy (non-hydrogen) atoms. The third-order valence-electron chi connectivity index (χ3n) is 6.26. The molecular weight excluding hydrogens is 572 g/mol. The molecule has 0 aliphatic carbocycles. The molecule has 0 spiro atoms. The second kappa shape index (κ2) is 11.3. The molecule has 1 fully saturated rings. The quantitative estimate of drug-likeness (QED) is 0.308. The van der Waals surface area contributed by atoms with Gasteiger partial charge in [-0.05, 0) is 44.0 Å². The first-order chi connectivity index (χ1) is 18.1. The van der Waals surface area contributed by atoms with Crippen molar-refractivity contribution in [2.24, 2.45) is 0 Å². The van der Waals surface area contributed by atoms with E-state index in [1.54, 1.807) is 23.2 Å². The van der Waals surface area contributed by atoms with E-state index in [9.17, 15) is 22.0 Å². The van der Waals surface area contributed by atoms with Crippen molar-refractivity contribution < 1.29 is 22.0 Å². The molecule has 0 radical (unpaired) electrons. The predicted molar refractivity (Wildman–Crippen MR) is 145 cm³/mol. The zero-order valence-corrected chi connectivity index (χ0v) is 23.0. The number of carbonyl (C=O) groups excluding carboxylic acids is 1. The van der Waals surface area contributed by atoms with Crippen LogP contribution < -0.4 is 11.1 Å². The lowest BCUT2D eigenvalue weighted by atomic mass is 10.1. The van der Waals surface area contributed by atoms with Crippen LogP contribution in [0.25, 0.3) is 5.82 Å². The number of nitrogen functional groups attached to an aromatic ring is 1. The lowest BCUT2D eigenvalue weighted by molar-refractivity contribution is 0.103. The van der Waals surface area contributed by atoms with Crippen molar-refractivity contribution in [1.29, 1.82) is 0 Å². The number of aryl methyl sites for hydroxylation is 1. The van der Waals surface area contributed by atoms with E-state index in [4.69, 9.17) is 5.73 Å². The van der Waals surface area contributed by atoms with Crippen LogP contribution in [0, 0.1) is 18.6 Å². The molecule has 15 heteroatoms. The number of imidazole rings is 1. The van der Waals surface area contributed by atoms with Crippen molar-refractivity contribution in [3.8, 4) is 5.82 Å². The third-order valence-corrected chi connectivity index (χ3v) is 9.14. The average Bonchev–Trinajstić information content (AvgIpc) is 3.49. The topological polar surface area (TPSA) is 136 Å². The van der Waals surface area contributed by atoms with Crippen molar-refractivity contribution >= 4 is 50.5 Å². The van der Waals surface area contributed by atoms with Crippen molar-refractivity contribution in [1.82, 2.24) is 23.8 Å². The number of aromatic nitrogens is 4. The first-order valence-electron chi connectivity index (χ1n) is 11.6. The Hall–Kier alpha value is -3.46. The summed E-state index contributed by atoms with van der Waals surface area (Å²) in [6.45, 7) is 2.39. The summed E-state index contributed by atoms with van der Waals surface area (Å²) in [5.74, 6) is -2.40. The number of thiazole rings is 1. The number of nitrogens with one attached hydrogen (secondary N) is 1. The number of nitrogens with zero attached hydrogens (tertiary/aromatic N) is 5. The number of hydrogen-bond acceptors (Lipinski definition) is 9. The molecular formula is C24H24ClF2N7O3S2. The lowest BCUT2D eigenvalue weighted by Crippen LogP contribution is -2.42. The minimum atomic E-state index is -3.74. The summed E-state index contributed by atoms with van der Waals surface area (Å²) in [4.78, 5) is 25.2. The second-order valence-electron chi connectivity index (χ2n) is 8.74. The SMILES string of the molecule is Cc1cncn1-c1ccc(S(=O)(=O)N2CCC(Nc3nc(N)c(C(=O)c4c(F)cccc4F)s3)CC2)cn1.Cl. The highest BCUT2D eigenvalue weighted by Gasteiger charge is 2.31. The Morgan fingerprint density at radius 2 is 1.82 bits per heavy atom. The lowest BCUT2D eigenvalue weighted by Gasteiger charge is -2.31. The van der Waals surface area contributed by atoms with E-state index in [0.717, 1.165) is 29.2 Å². The maximum atomic E-state index is 14.1. The third kappa shape index (κ3) is 5.64. The number of pyridine rings is 1. The number of halogens is 3. The van der Waals surface area contributed by atoms with Gasteiger partial charge in [0.25, 0.3) is 0 Å². The van der Waals surface area contributed by atoms with Gasteiger partial charge in [-0.3, -0.25) is 9.36 Å². The van der Waals surface area contributed by atoms with E-state index in [0.29, 0.717) is 23.8 Å². The highest BCUT2D eigenvalue weighted by Crippen LogP contribution is 2.31. The van der Waals surface area contributed by atoms with Gasteiger partial charge in [-0.2, -0.15) is 4.31 Å². The molecule has 0 bridgehead atoms. The Morgan fingerprint density at radius 3 is 2.41 bits per heavy atom. The van der Waals surface area contributed by atoms with Gasteiger partial charge >= 0.3 is 0 Å². The summed E-state index contributed by atoms with van der Waals surface area (Å²) in [7, 11) is -3.74. The fourth-order valence-electron chi connectivity index (χ4n) is 4.22. The summed E-state index contributed by atoms with van der Waals surface area (Å²) >= 11 is 0.901. The van der Waals surface area contributed by atoms with E-state index < -0.39 is 33.0 Å². The number of rotatable bonds is 7. The van der Waals surface area contributed by atoms with Gasteiger partial charge in [0, 0.05) is 37.2 Å². The molecule has 0 amide bonds.